The topological polar surface area (TPSA) is 50.3 Å². The number of hydrogen-bond donors (Lipinski definition) is 1. The fraction of sp³-hybridized carbons (Fsp3) is 0.714. The Labute approximate surface area is 115 Å². The molecule has 1 aromatic rings. The second-order valence-electron chi connectivity index (χ2n) is 5.14. The van der Waals surface area contributed by atoms with Crippen molar-refractivity contribution in [2.75, 3.05) is 43.6 Å². The van der Waals surface area contributed by atoms with Crippen molar-refractivity contribution in [2.24, 2.45) is 5.92 Å². The lowest BCUT2D eigenvalue weighted by Gasteiger charge is -2.21. The third-order valence-electron chi connectivity index (χ3n) is 3.38. The minimum atomic E-state index is 0.757. The number of nitrogens with zero attached hydrogens (tertiary/aromatic N) is 3. The van der Waals surface area contributed by atoms with Gasteiger partial charge in [-0.3, -0.25) is 0 Å². The molecule has 1 heterocycles. The van der Waals surface area contributed by atoms with Crippen molar-refractivity contribution in [3.8, 4) is 0 Å². The largest absolute Gasteiger partial charge is 0.379 e. The highest BCUT2D eigenvalue weighted by Crippen LogP contribution is 2.28. The van der Waals surface area contributed by atoms with E-state index in [0.717, 1.165) is 49.4 Å². The molecule has 1 aliphatic carbocycles. The molecule has 19 heavy (non-hydrogen) atoms. The van der Waals surface area contributed by atoms with Crippen LogP contribution < -0.4 is 10.2 Å². The number of anilines is 2. The fourth-order valence-electron chi connectivity index (χ4n) is 2.01. The number of rotatable bonds is 8. The maximum absolute atomic E-state index is 5.67. The van der Waals surface area contributed by atoms with Crippen LogP contribution in [-0.2, 0) is 4.74 Å². The Morgan fingerprint density at radius 1 is 1.42 bits per heavy atom. The highest BCUT2D eigenvalue weighted by atomic mass is 16.5. The highest BCUT2D eigenvalue weighted by molar-refractivity contribution is 5.57. The first kappa shape index (κ1) is 14.1. The highest BCUT2D eigenvalue weighted by Gasteiger charge is 2.21. The molecule has 1 fully saturated rings. The van der Waals surface area contributed by atoms with E-state index in [1.807, 2.05) is 7.05 Å². The zero-order valence-corrected chi connectivity index (χ0v) is 12.1. The number of likely N-dealkylation sites (N-methyl/N-ethyl adjacent to an activating group) is 1. The van der Waals surface area contributed by atoms with Gasteiger partial charge in [-0.2, -0.15) is 0 Å². The van der Waals surface area contributed by atoms with E-state index in [1.165, 1.54) is 12.8 Å². The molecule has 0 radical (unpaired) electrons. The van der Waals surface area contributed by atoms with Crippen molar-refractivity contribution in [1.29, 1.82) is 0 Å². The number of aromatic nitrogens is 2. The molecule has 0 atom stereocenters. The Bertz CT molecular complexity index is 406. The number of nitrogens with one attached hydrogen (secondary N) is 1. The van der Waals surface area contributed by atoms with E-state index in [0.29, 0.717) is 0 Å². The molecule has 1 aliphatic rings. The summed E-state index contributed by atoms with van der Waals surface area (Å²) in [6.07, 6.45) is 4.29. The van der Waals surface area contributed by atoms with Gasteiger partial charge in [0, 0.05) is 32.3 Å². The Morgan fingerprint density at radius 2 is 2.21 bits per heavy atom. The van der Waals surface area contributed by atoms with Gasteiger partial charge < -0.3 is 15.0 Å². The summed E-state index contributed by atoms with van der Waals surface area (Å²) in [7, 11) is 2.05. The van der Waals surface area contributed by atoms with Crippen LogP contribution in [0, 0.1) is 12.8 Å². The second kappa shape index (κ2) is 6.70. The molecule has 0 aromatic carbocycles. The van der Waals surface area contributed by atoms with Crippen LogP contribution in [-0.4, -0.2) is 43.3 Å². The van der Waals surface area contributed by atoms with Crippen molar-refractivity contribution in [2.45, 2.75) is 26.7 Å². The van der Waals surface area contributed by atoms with Crippen LogP contribution in [0.15, 0.2) is 6.33 Å². The number of hydrogen-bond acceptors (Lipinski definition) is 5. The van der Waals surface area contributed by atoms with E-state index in [1.54, 1.807) is 6.33 Å². The second-order valence-corrected chi connectivity index (χ2v) is 5.14. The molecular weight excluding hydrogens is 240 g/mol. The molecule has 0 spiro atoms. The van der Waals surface area contributed by atoms with Crippen molar-refractivity contribution in [3.05, 3.63) is 11.9 Å². The summed E-state index contributed by atoms with van der Waals surface area (Å²) in [5.41, 5.74) is 1.09. The SMILES string of the molecule is CCNc1ncnc(N(C)CCOCC2CC2)c1C. The third kappa shape index (κ3) is 4.06. The Kier molecular flexibility index (Phi) is 4.96. The van der Waals surface area contributed by atoms with Crippen molar-refractivity contribution < 1.29 is 4.74 Å². The van der Waals surface area contributed by atoms with Gasteiger partial charge in [-0.05, 0) is 32.6 Å². The van der Waals surface area contributed by atoms with Gasteiger partial charge >= 0.3 is 0 Å². The summed E-state index contributed by atoms with van der Waals surface area (Å²) < 4.78 is 5.67. The summed E-state index contributed by atoms with van der Waals surface area (Å²) >= 11 is 0. The van der Waals surface area contributed by atoms with E-state index in [9.17, 15) is 0 Å². The molecular formula is C14H24N4O. The van der Waals surface area contributed by atoms with Crippen LogP contribution in [0.1, 0.15) is 25.3 Å². The monoisotopic (exact) mass is 264 g/mol. The minimum absolute atomic E-state index is 0.757. The summed E-state index contributed by atoms with van der Waals surface area (Å²) in [4.78, 5) is 10.8. The number of ether oxygens (including phenoxy) is 1. The van der Waals surface area contributed by atoms with E-state index in [4.69, 9.17) is 4.74 Å². The van der Waals surface area contributed by atoms with Gasteiger partial charge in [0.2, 0.25) is 0 Å². The van der Waals surface area contributed by atoms with Crippen molar-refractivity contribution in [1.82, 2.24) is 9.97 Å². The van der Waals surface area contributed by atoms with Crippen LogP contribution in [0.25, 0.3) is 0 Å². The lowest BCUT2D eigenvalue weighted by molar-refractivity contribution is 0.130. The van der Waals surface area contributed by atoms with Gasteiger partial charge in [-0.1, -0.05) is 0 Å². The third-order valence-corrected chi connectivity index (χ3v) is 3.38. The quantitative estimate of drug-likeness (QED) is 0.729. The van der Waals surface area contributed by atoms with Gasteiger partial charge in [0.15, 0.2) is 0 Å². The lowest BCUT2D eigenvalue weighted by atomic mass is 10.3. The molecule has 1 N–H and O–H groups in total. The average Bonchev–Trinajstić information content (AvgIpc) is 3.21. The van der Waals surface area contributed by atoms with Gasteiger partial charge in [0.05, 0.1) is 6.61 Å². The standard InChI is InChI=1S/C14H24N4O/c1-4-15-13-11(2)14(17-10-16-13)18(3)7-8-19-9-12-5-6-12/h10,12H,4-9H2,1-3H3,(H,15,16,17). The van der Waals surface area contributed by atoms with E-state index in [2.05, 4.69) is 34.0 Å². The zero-order chi connectivity index (χ0) is 13.7. The Morgan fingerprint density at radius 3 is 2.89 bits per heavy atom. The molecule has 0 saturated heterocycles. The molecule has 106 valence electrons. The van der Waals surface area contributed by atoms with E-state index < -0.39 is 0 Å². The zero-order valence-electron chi connectivity index (χ0n) is 12.1. The summed E-state index contributed by atoms with van der Waals surface area (Å²) in [6, 6.07) is 0. The maximum Gasteiger partial charge on any atom is 0.136 e. The molecule has 0 unspecified atom stereocenters. The normalized spacial score (nSPS) is 14.5. The first-order chi connectivity index (χ1) is 9.22. The Balaban J connectivity index is 1.85. The van der Waals surface area contributed by atoms with Gasteiger partial charge in [-0.25, -0.2) is 9.97 Å². The van der Waals surface area contributed by atoms with Crippen molar-refractivity contribution in [3.63, 3.8) is 0 Å². The van der Waals surface area contributed by atoms with Crippen LogP contribution in [0.4, 0.5) is 11.6 Å². The maximum atomic E-state index is 5.67. The van der Waals surface area contributed by atoms with Crippen LogP contribution in [0.2, 0.25) is 0 Å². The Hall–Kier alpha value is -1.36. The van der Waals surface area contributed by atoms with E-state index in [-0.39, 0.29) is 0 Å². The fourth-order valence-corrected chi connectivity index (χ4v) is 2.01. The molecule has 0 aliphatic heterocycles. The molecule has 5 heteroatoms. The smallest absolute Gasteiger partial charge is 0.136 e. The molecule has 1 aromatic heterocycles. The molecule has 5 nitrogen and oxygen atoms in total. The van der Waals surface area contributed by atoms with Crippen LogP contribution in [0.5, 0.6) is 0 Å². The molecule has 0 bridgehead atoms. The van der Waals surface area contributed by atoms with Gasteiger partial charge in [0.1, 0.15) is 18.0 Å². The summed E-state index contributed by atoms with van der Waals surface area (Å²) in [5, 5.41) is 3.25. The first-order valence-corrected chi connectivity index (χ1v) is 7.06. The average molecular weight is 264 g/mol. The van der Waals surface area contributed by atoms with Crippen molar-refractivity contribution >= 4 is 11.6 Å². The molecule has 1 saturated carbocycles. The van der Waals surface area contributed by atoms with Crippen LogP contribution in [0.3, 0.4) is 0 Å². The van der Waals surface area contributed by atoms with E-state index >= 15 is 0 Å². The first-order valence-electron chi connectivity index (χ1n) is 7.06. The van der Waals surface area contributed by atoms with Gasteiger partial charge in [0.25, 0.3) is 0 Å². The molecule has 2 rings (SSSR count). The predicted molar refractivity (Wildman–Crippen MR) is 77.7 cm³/mol. The lowest BCUT2D eigenvalue weighted by Crippen LogP contribution is -2.25. The minimum Gasteiger partial charge on any atom is -0.379 e. The summed E-state index contributed by atoms with van der Waals surface area (Å²) in [6.45, 7) is 7.51. The van der Waals surface area contributed by atoms with Gasteiger partial charge in [-0.15, -0.1) is 0 Å². The summed E-state index contributed by atoms with van der Waals surface area (Å²) in [5.74, 6) is 2.71. The molecule has 0 amide bonds. The predicted octanol–water partition coefficient (Wildman–Crippen LogP) is 2.08. The van der Waals surface area contributed by atoms with Crippen LogP contribution >= 0.6 is 0 Å².